The van der Waals surface area contributed by atoms with Crippen molar-refractivity contribution >= 4 is 34.0 Å². The Morgan fingerprint density at radius 1 is 1.28 bits per heavy atom. The van der Waals surface area contributed by atoms with Crippen LogP contribution >= 0.6 is 22.6 Å². The Bertz CT molecular complexity index is 394. The number of anilines is 2. The first-order valence-electron chi connectivity index (χ1n) is 6.41. The summed E-state index contributed by atoms with van der Waals surface area (Å²) in [6, 6.07) is 3.46. The molecule has 0 saturated carbocycles. The maximum atomic E-state index is 13.5. The fourth-order valence-corrected chi connectivity index (χ4v) is 2.35. The number of hydrogen-bond donors (Lipinski definition) is 2. The molecule has 18 heavy (non-hydrogen) atoms. The molecule has 0 aliphatic carbocycles. The monoisotopic (exact) mass is 364 g/mol. The summed E-state index contributed by atoms with van der Waals surface area (Å²) in [6.45, 7) is 6.56. The maximum Gasteiger partial charge on any atom is 0.138 e. The van der Waals surface area contributed by atoms with Crippen LogP contribution in [0.5, 0.6) is 0 Å². The minimum atomic E-state index is -0.221. The van der Waals surface area contributed by atoms with Crippen molar-refractivity contribution in [2.45, 2.75) is 46.1 Å². The third kappa shape index (κ3) is 5.00. The molecule has 0 bridgehead atoms. The van der Waals surface area contributed by atoms with Crippen molar-refractivity contribution in [3.63, 3.8) is 0 Å². The summed E-state index contributed by atoms with van der Waals surface area (Å²) >= 11 is 1.95. The largest absolute Gasteiger partial charge is 0.397 e. The van der Waals surface area contributed by atoms with Gasteiger partial charge in [0.05, 0.1) is 14.9 Å². The summed E-state index contributed by atoms with van der Waals surface area (Å²) in [6.07, 6.45) is 3.48. The summed E-state index contributed by atoms with van der Waals surface area (Å²) in [4.78, 5) is 0. The van der Waals surface area contributed by atoms with Crippen LogP contribution in [0.1, 0.15) is 40.0 Å². The topological polar surface area (TPSA) is 38.0 Å². The zero-order valence-electron chi connectivity index (χ0n) is 11.3. The SMILES string of the molecule is CC(C)CCCC(C)Nc1cc(F)c(I)cc1N. The van der Waals surface area contributed by atoms with Crippen LogP contribution in [0.4, 0.5) is 15.8 Å². The number of rotatable bonds is 6. The van der Waals surface area contributed by atoms with Crippen LogP contribution in [0.3, 0.4) is 0 Å². The predicted molar refractivity (Wildman–Crippen MR) is 85.3 cm³/mol. The molecule has 1 aromatic carbocycles. The fourth-order valence-electron chi connectivity index (χ4n) is 1.86. The van der Waals surface area contributed by atoms with E-state index in [1.54, 1.807) is 6.07 Å². The van der Waals surface area contributed by atoms with Crippen molar-refractivity contribution in [1.82, 2.24) is 0 Å². The van der Waals surface area contributed by atoms with Crippen molar-refractivity contribution in [1.29, 1.82) is 0 Å². The zero-order valence-corrected chi connectivity index (χ0v) is 13.4. The lowest BCUT2D eigenvalue weighted by Gasteiger charge is -2.17. The van der Waals surface area contributed by atoms with Gasteiger partial charge >= 0.3 is 0 Å². The highest BCUT2D eigenvalue weighted by molar-refractivity contribution is 14.1. The van der Waals surface area contributed by atoms with Gasteiger partial charge in [0.25, 0.3) is 0 Å². The van der Waals surface area contributed by atoms with Crippen LogP contribution in [-0.2, 0) is 0 Å². The Hall–Kier alpha value is -0.520. The van der Waals surface area contributed by atoms with E-state index < -0.39 is 0 Å². The van der Waals surface area contributed by atoms with Gasteiger partial charge in [-0.25, -0.2) is 4.39 Å². The molecule has 0 amide bonds. The van der Waals surface area contributed by atoms with E-state index >= 15 is 0 Å². The number of nitrogens with one attached hydrogen (secondary N) is 1. The number of hydrogen-bond acceptors (Lipinski definition) is 2. The second kappa shape index (κ2) is 7.16. The van der Waals surface area contributed by atoms with Gasteiger partial charge in [-0.1, -0.05) is 26.7 Å². The molecule has 0 spiro atoms. The lowest BCUT2D eigenvalue weighted by Crippen LogP contribution is -2.16. The van der Waals surface area contributed by atoms with E-state index in [1.807, 2.05) is 22.6 Å². The van der Waals surface area contributed by atoms with E-state index in [4.69, 9.17) is 5.73 Å². The smallest absolute Gasteiger partial charge is 0.138 e. The second-order valence-electron chi connectivity index (χ2n) is 5.22. The summed E-state index contributed by atoms with van der Waals surface area (Å²) in [5.74, 6) is 0.514. The molecule has 102 valence electrons. The van der Waals surface area contributed by atoms with Gasteiger partial charge in [-0.05, 0) is 47.9 Å². The summed E-state index contributed by atoms with van der Waals surface area (Å²) in [5, 5.41) is 3.28. The standard InChI is InChI=1S/C14H22FIN2/c1-9(2)5-4-6-10(3)18-14-7-11(15)12(16)8-13(14)17/h7-10,18H,4-6,17H2,1-3H3. The molecule has 0 fully saturated rings. The summed E-state index contributed by atoms with van der Waals surface area (Å²) in [7, 11) is 0. The third-order valence-corrected chi connectivity index (χ3v) is 3.74. The van der Waals surface area contributed by atoms with Crippen molar-refractivity contribution in [2.75, 3.05) is 11.1 Å². The first-order valence-corrected chi connectivity index (χ1v) is 7.49. The van der Waals surface area contributed by atoms with Crippen LogP contribution < -0.4 is 11.1 Å². The third-order valence-electron chi connectivity index (χ3n) is 2.91. The molecule has 0 aromatic heterocycles. The quantitative estimate of drug-likeness (QED) is 0.570. The van der Waals surface area contributed by atoms with Gasteiger partial charge < -0.3 is 11.1 Å². The number of nitrogens with two attached hydrogens (primary N) is 1. The average Bonchev–Trinajstić information content (AvgIpc) is 2.25. The van der Waals surface area contributed by atoms with Crippen LogP contribution in [0.2, 0.25) is 0 Å². The van der Waals surface area contributed by atoms with Gasteiger partial charge in [0.2, 0.25) is 0 Å². The molecule has 0 heterocycles. The normalized spacial score (nSPS) is 12.8. The van der Waals surface area contributed by atoms with E-state index in [-0.39, 0.29) is 5.82 Å². The average molecular weight is 364 g/mol. The van der Waals surface area contributed by atoms with E-state index in [1.165, 1.54) is 18.9 Å². The molecule has 4 heteroatoms. The van der Waals surface area contributed by atoms with E-state index in [0.717, 1.165) is 12.3 Å². The highest BCUT2D eigenvalue weighted by Crippen LogP contribution is 2.25. The second-order valence-corrected chi connectivity index (χ2v) is 6.39. The number of nitrogen functional groups attached to an aromatic ring is 1. The van der Waals surface area contributed by atoms with Crippen LogP contribution in [0, 0.1) is 15.3 Å². The molecule has 2 nitrogen and oxygen atoms in total. The summed E-state index contributed by atoms with van der Waals surface area (Å²) < 4.78 is 14.0. The highest BCUT2D eigenvalue weighted by atomic mass is 127. The Kier molecular flexibility index (Phi) is 6.18. The number of benzene rings is 1. The lowest BCUT2D eigenvalue weighted by atomic mass is 10.0. The Morgan fingerprint density at radius 3 is 2.56 bits per heavy atom. The molecular formula is C14H22FIN2. The minimum Gasteiger partial charge on any atom is -0.397 e. The molecule has 0 saturated heterocycles. The van der Waals surface area contributed by atoms with Gasteiger partial charge in [0.15, 0.2) is 0 Å². The van der Waals surface area contributed by atoms with E-state index in [9.17, 15) is 4.39 Å². The molecule has 1 atom stereocenters. The first kappa shape index (κ1) is 15.5. The molecule has 1 aromatic rings. The van der Waals surface area contributed by atoms with Crippen molar-refractivity contribution in [3.8, 4) is 0 Å². The number of halogens is 2. The molecule has 0 aliphatic heterocycles. The van der Waals surface area contributed by atoms with Crippen molar-refractivity contribution in [2.24, 2.45) is 5.92 Å². The van der Waals surface area contributed by atoms with Crippen molar-refractivity contribution < 1.29 is 4.39 Å². The molecule has 1 unspecified atom stereocenters. The molecule has 0 radical (unpaired) electrons. The van der Waals surface area contributed by atoms with Gasteiger partial charge in [0, 0.05) is 12.1 Å². The molecular weight excluding hydrogens is 342 g/mol. The van der Waals surface area contributed by atoms with Gasteiger partial charge in [-0.2, -0.15) is 0 Å². The van der Waals surface area contributed by atoms with Crippen LogP contribution in [0.25, 0.3) is 0 Å². The minimum absolute atomic E-state index is 0.221. The van der Waals surface area contributed by atoms with Gasteiger partial charge in [-0.15, -0.1) is 0 Å². The first-order chi connectivity index (χ1) is 8.40. The van der Waals surface area contributed by atoms with Crippen molar-refractivity contribution in [3.05, 3.63) is 21.5 Å². The predicted octanol–water partition coefficient (Wildman–Crippen LogP) is 4.64. The van der Waals surface area contributed by atoms with Gasteiger partial charge in [0.1, 0.15) is 5.82 Å². The van der Waals surface area contributed by atoms with E-state index in [2.05, 4.69) is 26.1 Å². The molecule has 0 aliphatic rings. The maximum absolute atomic E-state index is 13.5. The Labute approximate surface area is 123 Å². The zero-order chi connectivity index (χ0) is 13.7. The molecule has 3 N–H and O–H groups in total. The van der Waals surface area contributed by atoms with Gasteiger partial charge in [-0.3, -0.25) is 0 Å². The lowest BCUT2D eigenvalue weighted by molar-refractivity contribution is 0.520. The highest BCUT2D eigenvalue weighted by Gasteiger charge is 2.09. The van der Waals surface area contributed by atoms with Crippen LogP contribution in [0.15, 0.2) is 12.1 Å². The van der Waals surface area contributed by atoms with E-state index in [0.29, 0.717) is 21.0 Å². The Morgan fingerprint density at radius 2 is 1.94 bits per heavy atom. The fraction of sp³-hybridized carbons (Fsp3) is 0.571. The summed E-state index contributed by atoms with van der Waals surface area (Å²) in [5.41, 5.74) is 7.19. The van der Waals surface area contributed by atoms with Crippen LogP contribution in [-0.4, -0.2) is 6.04 Å². The Balaban J connectivity index is 2.54. The molecule has 1 rings (SSSR count).